The molecule has 2 rings (SSSR count). The Morgan fingerprint density at radius 2 is 1.70 bits per heavy atom. The third kappa shape index (κ3) is 3.39. The fourth-order valence-corrected chi connectivity index (χ4v) is 1.89. The van der Waals surface area contributed by atoms with Crippen LogP contribution in [0.4, 0.5) is 0 Å². The molecule has 0 fully saturated rings. The molecule has 20 heavy (non-hydrogen) atoms. The van der Waals surface area contributed by atoms with Crippen LogP contribution in [0, 0.1) is 0 Å². The number of hydrogen-bond acceptors (Lipinski definition) is 2. The van der Waals surface area contributed by atoms with Gasteiger partial charge in [0.1, 0.15) is 5.75 Å². The molecule has 3 nitrogen and oxygen atoms in total. The summed E-state index contributed by atoms with van der Waals surface area (Å²) in [5.41, 5.74) is 1.62. The van der Waals surface area contributed by atoms with Crippen molar-refractivity contribution in [3.05, 3.63) is 64.7 Å². The normalized spacial score (nSPS) is 11.2. The maximum atomic E-state index is 11.4. The van der Waals surface area contributed by atoms with Gasteiger partial charge in [-0.3, -0.25) is 0 Å². The van der Waals surface area contributed by atoms with Crippen LogP contribution in [0.15, 0.2) is 48.5 Å². The van der Waals surface area contributed by atoms with Gasteiger partial charge in [-0.15, -0.1) is 0 Å². The number of methoxy groups -OCH3 is 1. The van der Waals surface area contributed by atoms with Crippen molar-refractivity contribution in [1.82, 2.24) is 0 Å². The van der Waals surface area contributed by atoms with Crippen LogP contribution < -0.4 is 4.74 Å². The van der Waals surface area contributed by atoms with Crippen LogP contribution in [0.1, 0.15) is 11.1 Å². The highest BCUT2D eigenvalue weighted by molar-refractivity contribution is 6.30. The van der Waals surface area contributed by atoms with Gasteiger partial charge < -0.3 is 9.84 Å². The van der Waals surface area contributed by atoms with Gasteiger partial charge in [0.2, 0.25) is 0 Å². The molecule has 0 aliphatic carbocycles. The van der Waals surface area contributed by atoms with Crippen LogP contribution >= 0.6 is 11.6 Å². The van der Waals surface area contributed by atoms with Crippen LogP contribution in [-0.2, 0) is 4.79 Å². The molecule has 0 amide bonds. The van der Waals surface area contributed by atoms with E-state index in [4.69, 9.17) is 16.3 Å². The van der Waals surface area contributed by atoms with E-state index in [9.17, 15) is 9.90 Å². The minimum atomic E-state index is -0.981. The SMILES string of the molecule is COc1ccc(C(=Cc2ccc(Cl)cc2)C(=O)O)cc1. The standard InChI is InChI=1S/C16H13ClO3/c1-20-14-8-4-12(5-9-14)15(16(18)19)10-11-2-6-13(17)7-3-11/h2-10H,1H3,(H,18,19). The lowest BCUT2D eigenvalue weighted by atomic mass is 10.0. The molecule has 0 unspecified atom stereocenters. The van der Waals surface area contributed by atoms with Crippen LogP contribution in [0.25, 0.3) is 11.6 Å². The summed E-state index contributed by atoms with van der Waals surface area (Å²) in [4.78, 5) is 11.4. The first-order valence-electron chi connectivity index (χ1n) is 5.95. The summed E-state index contributed by atoms with van der Waals surface area (Å²) >= 11 is 5.81. The third-order valence-electron chi connectivity index (χ3n) is 2.81. The summed E-state index contributed by atoms with van der Waals surface area (Å²) in [5.74, 6) is -0.296. The molecule has 0 atom stereocenters. The number of hydrogen-bond donors (Lipinski definition) is 1. The van der Waals surface area contributed by atoms with E-state index in [0.29, 0.717) is 16.3 Å². The Balaban J connectivity index is 2.39. The van der Waals surface area contributed by atoms with E-state index < -0.39 is 5.97 Å². The van der Waals surface area contributed by atoms with Crippen molar-refractivity contribution in [2.75, 3.05) is 7.11 Å². The van der Waals surface area contributed by atoms with Gasteiger partial charge in [0, 0.05) is 5.02 Å². The van der Waals surface area contributed by atoms with Crippen LogP contribution in [-0.4, -0.2) is 18.2 Å². The average Bonchev–Trinajstić information content (AvgIpc) is 2.46. The lowest BCUT2D eigenvalue weighted by Gasteiger charge is -2.05. The second kappa shape index (κ2) is 6.26. The number of ether oxygens (including phenoxy) is 1. The predicted molar refractivity (Wildman–Crippen MR) is 80.0 cm³/mol. The van der Waals surface area contributed by atoms with E-state index in [-0.39, 0.29) is 5.57 Å². The molecule has 102 valence electrons. The number of carbonyl (C=O) groups is 1. The van der Waals surface area contributed by atoms with Crippen molar-refractivity contribution in [1.29, 1.82) is 0 Å². The van der Waals surface area contributed by atoms with Crippen LogP contribution in [0.5, 0.6) is 5.75 Å². The lowest BCUT2D eigenvalue weighted by molar-refractivity contribution is -0.130. The van der Waals surface area contributed by atoms with Gasteiger partial charge in [0.05, 0.1) is 12.7 Å². The molecule has 0 radical (unpaired) electrons. The molecule has 0 saturated carbocycles. The summed E-state index contributed by atoms with van der Waals surface area (Å²) in [5, 5.41) is 9.96. The molecule has 4 heteroatoms. The minimum absolute atomic E-state index is 0.218. The highest BCUT2D eigenvalue weighted by Crippen LogP contribution is 2.22. The van der Waals surface area contributed by atoms with E-state index in [0.717, 1.165) is 5.56 Å². The fraction of sp³-hybridized carbons (Fsp3) is 0.0625. The van der Waals surface area contributed by atoms with Gasteiger partial charge in [-0.1, -0.05) is 35.9 Å². The zero-order valence-corrected chi connectivity index (χ0v) is 11.6. The molecule has 0 aliphatic rings. The molecule has 0 aromatic heterocycles. The third-order valence-corrected chi connectivity index (χ3v) is 3.06. The molecule has 2 aromatic rings. The number of carboxylic acids is 1. The largest absolute Gasteiger partial charge is 0.497 e. The fourth-order valence-electron chi connectivity index (χ4n) is 1.76. The molecular weight excluding hydrogens is 276 g/mol. The zero-order valence-electron chi connectivity index (χ0n) is 10.8. The Morgan fingerprint density at radius 3 is 2.20 bits per heavy atom. The van der Waals surface area contributed by atoms with E-state index >= 15 is 0 Å². The van der Waals surface area contributed by atoms with Crippen molar-refractivity contribution in [3.63, 3.8) is 0 Å². The number of halogens is 1. The van der Waals surface area contributed by atoms with Gasteiger partial charge in [0.25, 0.3) is 0 Å². The van der Waals surface area contributed by atoms with E-state index in [1.807, 2.05) is 0 Å². The summed E-state index contributed by atoms with van der Waals surface area (Å²) in [6, 6.07) is 13.9. The van der Waals surface area contributed by atoms with Gasteiger partial charge in [-0.25, -0.2) is 4.79 Å². The molecule has 1 N–H and O–H groups in total. The van der Waals surface area contributed by atoms with Crippen molar-refractivity contribution < 1.29 is 14.6 Å². The van der Waals surface area contributed by atoms with Crippen LogP contribution in [0.3, 0.4) is 0 Å². The highest BCUT2D eigenvalue weighted by atomic mass is 35.5. The molecular formula is C16H13ClO3. The predicted octanol–water partition coefficient (Wildman–Crippen LogP) is 3.97. The summed E-state index contributed by atoms with van der Waals surface area (Å²) in [6.45, 7) is 0. The number of rotatable bonds is 4. The first-order chi connectivity index (χ1) is 9.60. The van der Waals surface area contributed by atoms with Crippen molar-refractivity contribution in [3.8, 4) is 5.75 Å². The second-order valence-electron chi connectivity index (χ2n) is 4.14. The van der Waals surface area contributed by atoms with Gasteiger partial charge in [-0.2, -0.15) is 0 Å². The van der Waals surface area contributed by atoms with E-state index in [1.54, 1.807) is 61.7 Å². The van der Waals surface area contributed by atoms with E-state index in [1.165, 1.54) is 0 Å². The molecule has 0 bridgehead atoms. The monoisotopic (exact) mass is 288 g/mol. The average molecular weight is 289 g/mol. The van der Waals surface area contributed by atoms with Crippen molar-refractivity contribution >= 4 is 29.2 Å². The van der Waals surface area contributed by atoms with Crippen LogP contribution in [0.2, 0.25) is 5.02 Å². The second-order valence-corrected chi connectivity index (χ2v) is 4.58. The Bertz CT molecular complexity index is 628. The Hall–Kier alpha value is -2.26. The molecule has 0 aliphatic heterocycles. The highest BCUT2D eigenvalue weighted by Gasteiger charge is 2.10. The quantitative estimate of drug-likeness (QED) is 0.684. The summed E-state index contributed by atoms with van der Waals surface area (Å²) in [7, 11) is 1.57. The van der Waals surface area contributed by atoms with Gasteiger partial charge in [-0.05, 0) is 41.5 Å². The maximum Gasteiger partial charge on any atom is 0.336 e. The lowest BCUT2D eigenvalue weighted by Crippen LogP contribution is -1.99. The first-order valence-corrected chi connectivity index (χ1v) is 6.33. The Labute approximate surface area is 122 Å². The topological polar surface area (TPSA) is 46.5 Å². The van der Waals surface area contributed by atoms with E-state index in [2.05, 4.69) is 0 Å². The number of benzene rings is 2. The smallest absolute Gasteiger partial charge is 0.336 e. The first kappa shape index (κ1) is 14.2. The molecule has 0 saturated heterocycles. The maximum absolute atomic E-state index is 11.4. The molecule has 0 heterocycles. The molecule has 0 spiro atoms. The van der Waals surface area contributed by atoms with Crippen molar-refractivity contribution in [2.45, 2.75) is 0 Å². The summed E-state index contributed by atoms with van der Waals surface area (Å²) < 4.78 is 5.06. The minimum Gasteiger partial charge on any atom is -0.497 e. The van der Waals surface area contributed by atoms with Crippen molar-refractivity contribution in [2.24, 2.45) is 0 Å². The van der Waals surface area contributed by atoms with Gasteiger partial charge in [0.15, 0.2) is 0 Å². The Kier molecular flexibility index (Phi) is 4.43. The summed E-state index contributed by atoms with van der Waals surface area (Å²) in [6.07, 6.45) is 1.61. The number of carboxylic acid groups (broad SMARTS) is 1. The zero-order chi connectivity index (χ0) is 14.5. The molecule has 2 aromatic carbocycles. The van der Waals surface area contributed by atoms with Gasteiger partial charge >= 0.3 is 5.97 Å². The number of aliphatic carboxylic acids is 1. The Morgan fingerprint density at radius 1 is 1.10 bits per heavy atom.